The first kappa shape index (κ1) is 15.4. The lowest BCUT2D eigenvalue weighted by Gasteiger charge is -2.35. The van der Waals surface area contributed by atoms with Gasteiger partial charge in [-0.3, -0.25) is 11.3 Å². The van der Waals surface area contributed by atoms with E-state index in [9.17, 15) is 0 Å². The van der Waals surface area contributed by atoms with E-state index in [0.29, 0.717) is 0 Å². The average molecular weight is 271 g/mol. The number of rotatable bonds is 5. The predicted octanol–water partition coefficient (Wildman–Crippen LogP) is 2.78. The van der Waals surface area contributed by atoms with Crippen molar-refractivity contribution >= 4 is 11.6 Å². The van der Waals surface area contributed by atoms with Crippen molar-refractivity contribution < 1.29 is 4.74 Å². The quantitative estimate of drug-likeness (QED) is 0.639. The number of nitrogens with one attached hydrogen (secondary N) is 1. The van der Waals surface area contributed by atoms with Gasteiger partial charge in [0.15, 0.2) is 0 Å². The highest BCUT2D eigenvalue weighted by Gasteiger charge is 2.32. The van der Waals surface area contributed by atoms with E-state index in [4.69, 9.17) is 22.2 Å². The topological polar surface area (TPSA) is 47.3 Å². The van der Waals surface area contributed by atoms with Crippen LogP contribution in [0.25, 0.3) is 0 Å². The molecule has 1 rings (SSSR count). The molecule has 0 aliphatic rings. The molecule has 0 aromatic heterocycles. The summed E-state index contributed by atoms with van der Waals surface area (Å²) in [6, 6.07) is 7.84. The Morgan fingerprint density at radius 1 is 1.33 bits per heavy atom. The van der Waals surface area contributed by atoms with Crippen LogP contribution in [0.15, 0.2) is 24.3 Å². The second-order valence-corrected chi connectivity index (χ2v) is 6.00. The van der Waals surface area contributed by atoms with E-state index in [2.05, 4.69) is 26.2 Å². The second kappa shape index (κ2) is 6.53. The monoisotopic (exact) mass is 270 g/mol. The lowest BCUT2D eigenvalue weighted by Crippen LogP contribution is -2.51. The van der Waals surface area contributed by atoms with Crippen LogP contribution < -0.4 is 11.3 Å². The fourth-order valence-electron chi connectivity index (χ4n) is 2.28. The van der Waals surface area contributed by atoms with E-state index in [0.717, 1.165) is 17.0 Å². The zero-order valence-electron chi connectivity index (χ0n) is 11.5. The molecule has 0 aliphatic carbocycles. The van der Waals surface area contributed by atoms with Gasteiger partial charge in [0, 0.05) is 12.1 Å². The van der Waals surface area contributed by atoms with Crippen LogP contribution in [0.4, 0.5) is 0 Å². The van der Waals surface area contributed by atoms with Gasteiger partial charge in [0.1, 0.15) is 0 Å². The molecule has 1 aromatic carbocycles. The van der Waals surface area contributed by atoms with Gasteiger partial charge in [-0.25, -0.2) is 0 Å². The van der Waals surface area contributed by atoms with Crippen molar-refractivity contribution in [2.45, 2.75) is 39.3 Å². The molecule has 0 bridgehead atoms. The highest BCUT2D eigenvalue weighted by atomic mass is 35.5. The van der Waals surface area contributed by atoms with Crippen LogP contribution in [-0.2, 0) is 11.2 Å². The van der Waals surface area contributed by atoms with Gasteiger partial charge in [0.05, 0.1) is 12.1 Å². The molecular weight excluding hydrogens is 248 g/mol. The summed E-state index contributed by atoms with van der Waals surface area (Å²) in [6.07, 6.45) is 0.755. The van der Waals surface area contributed by atoms with Crippen LogP contribution in [0.2, 0.25) is 5.02 Å². The van der Waals surface area contributed by atoms with Crippen LogP contribution in [0.1, 0.15) is 26.3 Å². The lowest BCUT2D eigenvalue weighted by molar-refractivity contribution is -0.0110. The molecule has 0 saturated carbocycles. The molecule has 0 radical (unpaired) electrons. The zero-order valence-corrected chi connectivity index (χ0v) is 12.3. The van der Waals surface area contributed by atoms with E-state index < -0.39 is 0 Å². The van der Waals surface area contributed by atoms with Crippen molar-refractivity contribution in [1.82, 2.24) is 5.43 Å². The number of hydrazine groups is 1. The Hall–Kier alpha value is -0.610. The standard InChI is InChI=1S/C14H23ClN2O/c1-14(2,3)13(18-4)12(17-16)9-10-7-5-6-8-11(10)15/h5-8,12-13,17H,9,16H2,1-4H3. The molecule has 0 aliphatic heterocycles. The normalized spacial score (nSPS) is 15.4. The first-order valence-corrected chi connectivity index (χ1v) is 6.50. The highest BCUT2D eigenvalue weighted by Crippen LogP contribution is 2.27. The van der Waals surface area contributed by atoms with Crippen molar-refractivity contribution in [2.75, 3.05) is 7.11 Å². The minimum atomic E-state index is 0.00699. The summed E-state index contributed by atoms with van der Waals surface area (Å²) in [7, 11) is 1.72. The van der Waals surface area contributed by atoms with Gasteiger partial charge in [-0.05, 0) is 23.5 Å². The maximum absolute atomic E-state index is 6.18. The van der Waals surface area contributed by atoms with Gasteiger partial charge in [-0.2, -0.15) is 0 Å². The minimum Gasteiger partial charge on any atom is -0.379 e. The molecule has 3 nitrogen and oxygen atoms in total. The van der Waals surface area contributed by atoms with Gasteiger partial charge in [-0.15, -0.1) is 0 Å². The summed E-state index contributed by atoms with van der Waals surface area (Å²) < 4.78 is 5.59. The first-order chi connectivity index (χ1) is 8.40. The predicted molar refractivity (Wildman–Crippen MR) is 76.5 cm³/mol. The number of benzene rings is 1. The van der Waals surface area contributed by atoms with Crippen molar-refractivity contribution in [3.8, 4) is 0 Å². The van der Waals surface area contributed by atoms with E-state index in [1.54, 1.807) is 7.11 Å². The van der Waals surface area contributed by atoms with Crippen molar-refractivity contribution in [3.63, 3.8) is 0 Å². The van der Waals surface area contributed by atoms with Crippen molar-refractivity contribution in [3.05, 3.63) is 34.9 Å². The van der Waals surface area contributed by atoms with Crippen molar-refractivity contribution in [2.24, 2.45) is 11.3 Å². The van der Waals surface area contributed by atoms with E-state index in [1.807, 2.05) is 24.3 Å². The van der Waals surface area contributed by atoms with Crippen LogP contribution in [0.5, 0.6) is 0 Å². The highest BCUT2D eigenvalue weighted by molar-refractivity contribution is 6.31. The summed E-state index contributed by atoms with van der Waals surface area (Å²) >= 11 is 6.18. The second-order valence-electron chi connectivity index (χ2n) is 5.59. The molecule has 2 atom stereocenters. The summed E-state index contributed by atoms with van der Waals surface area (Å²) in [4.78, 5) is 0. The Labute approximate surface area is 115 Å². The molecule has 0 spiro atoms. The fraction of sp³-hybridized carbons (Fsp3) is 0.571. The van der Waals surface area contributed by atoms with Crippen molar-refractivity contribution in [1.29, 1.82) is 0 Å². The Morgan fingerprint density at radius 3 is 2.39 bits per heavy atom. The SMILES string of the molecule is COC(C(Cc1ccccc1Cl)NN)C(C)(C)C. The third-order valence-corrected chi connectivity index (χ3v) is 3.45. The van der Waals surface area contributed by atoms with Crippen LogP contribution in [0, 0.1) is 5.41 Å². The Bertz CT molecular complexity index is 376. The number of halogens is 1. The molecule has 4 heteroatoms. The molecule has 0 saturated heterocycles. The molecule has 3 N–H and O–H groups in total. The number of hydrogen-bond donors (Lipinski definition) is 2. The summed E-state index contributed by atoms with van der Waals surface area (Å²) in [5.74, 6) is 5.67. The van der Waals surface area contributed by atoms with E-state index >= 15 is 0 Å². The lowest BCUT2D eigenvalue weighted by atomic mass is 9.82. The van der Waals surface area contributed by atoms with Crippen LogP contribution in [-0.4, -0.2) is 19.3 Å². The van der Waals surface area contributed by atoms with Crippen LogP contribution in [0.3, 0.4) is 0 Å². The van der Waals surface area contributed by atoms with E-state index in [1.165, 1.54) is 0 Å². The number of hydrogen-bond acceptors (Lipinski definition) is 3. The van der Waals surface area contributed by atoms with Gasteiger partial charge in [0.2, 0.25) is 0 Å². The molecule has 102 valence electrons. The molecule has 0 heterocycles. The van der Waals surface area contributed by atoms with Gasteiger partial charge >= 0.3 is 0 Å². The Kier molecular flexibility index (Phi) is 5.60. The first-order valence-electron chi connectivity index (χ1n) is 6.12. The van der Waals surface area contributed by atoms with Gasteiger partial charge in [0.25, 0.3) is 0 Å². The average Bonchev–Trinajstić information content (AvgIpc) is 2.29. The molecule has 2 unspecified atom stereocenters. The Balaban J connectivity index is 2.88. The van der Waals surface area contributed by atoms with E-state index in [-0.39, 0.29) is 17.6 Å². The van der Waals surface area contributed by atoms with Gasteiger partial charge < -0.3 is 4.74 Å². The third kappa shape index (κ3) is 3.95. The minimum absolute atomic E-state index is 0.00699. The summed E-state index contributed by atoms with van der Waals surface area (Å²) in [5, 5.41) is 0.765. The number of nitrogens with two attached hydrogens (primary N) is 1. The fourth-order valence-corrected chi connectivity index (χ4v) is 2.49. The summed E-state index contributed by atoms with van der Waals surface area (Å²) in [5.41, 5.74) is 3.94. The number of ether oxygens (including phenoxy) is 1. The number of methoxy groups -OCH3 is 1. The molecule has 0 fully saturated rings. The summed E-state index contributed by atoms with van der Waals surface area (Å²) in [6.45, 7) is 6.41. The zero-order chi connectivity index (χ0) is 13.8. The Morgan fingerprint density at radius 2 is 1.94 bits per heavy atom. The smallest absolute Gasteiger partial charge is 0.0789 e. The van der Waals surface area contributed by atoms with Gasteiger partial charge in [-0.1, -0.05) is 50.6 Å². The molecule has 18 heavy (non-hydrogen) atoms. The van der Waals surface area contributed by atoms with Crippen LogP contribution >= 0.6 is 11.6 Å². The molecule has 0 amide bonds. The molecule has 1 aromatic rings. The third-order valence-electron chi connectivity index (χ3n) is 3.08. The molecular formula is C14H23ClN2O. The maximum Gasteiger partial charge on any atom is 0.0789 e. The maximum atomic E-state index is 6.18. The largest absolute Gasteiger partial charge is 0.379 e.